The molecule has 4 rings (SSSR count). The predicted molar refractivity (Wildman–Crippen MR) is 127 cm³/mol. The van der Waals surface area contributed by atoms with Crippen molar-refractivity contribution >= 4 is 10.8 Å². The van der Waals surface area contributed by atoms with Gasteiger partial charge in [-0.2, -0.15) is 0 Å². The van der Waals surface area contributed by atoms with Crippen LogP contribution in [-0.2, 0) is 19.3 Å². The molecule has 32 heavy (non-hydrogen) atoms. The first-order valence-electron chi connectivity index (χ1n) is 11.0. The SMILES string of the molecule is CCCCc1ccc(CCc2ccc(C#Cc3ccc4c(F)c(F)ccc4c3)cc2)nc1. The van der Waals surface area contributed by atoms with Crippen LogP contribution >= 0.6 is 0 Å². The second kappa shape index (κ2) is 10.2. The minimum absolute atomic E-state index is 0.269. The lowest BCUT2D eigenvalue weighted by Crippen LogP contribution is -1.96. The van der Waals surface area contributed by atoms with Gasteiger partial charge in [0.2, 0.25) is 0 Å². The van der Waals surface area contributed by atoms with E-state index in [4.69, 9.17) is 0 Å². The molecule has 3 heteroatoms. The van der Waals surface area contributed by atoms with E-state index >= 15 is 0 Å². The van der Waals surface area contributed by atoms with Crippen molar-refractivity contribution in [3.63, 3.8) is 0 Å². The van der Waals surface area contributed by atoms with Gasteiger partial charge in [0.05, 0.1) is 0 Å². The molecule has 0 radical (unpaired) electrons. The van der Waals surface area contributed by atoms with Gasteiger partial charge in [-0.25, -0.2) is 8.78 Å². The highest BCUT2D eigenvalue weighted by Crippen LogP contribution is 2.21. The smallest absolute Gasteiger partial charge is 0.166 e. The van der Waals surface area contributed by atoms with Crippen molar-refractivity contribution in [3.05, 3.63) is 113 Å². The lowest BCUT2D eigenvalue weighted by molar-refractivity contribution is 0.517. The molecule has 0 spiro atoms. The third kappa shape index (κ3) is 5.39. The Morgan fingerprint density at radius 1 is 0.750 bits per heavy atom. The van der Waals surface area contributed by atoms with Gasteiger partial charge in [-0.05, 0) is 78.6 Å². The maximum atomic E-state index is 13.8. The third-order valence-corrected chi connectivity index (χ3v) is 5.59. The summed E-state index contributed by atoms with van der Waals surface area (Å²) in [7, 11) is 0. The molecule has 0 aliphatic carbocycles. The molecule has 0 unspecified atom stereocenters. The predicted octanol–water partition coefficient (Wildman–Crippen LogP) is 7.04. The van der Waals surface area contributed by atoms with Gasteiger partial charge in [-0.1, -0.05) is 55.5 Å². The Bertz CT molecular complexity index is 1260. The van der Waals surface area contributed by atoms with Crippen LogP contribution < -0.4 is 0 Å². The zero-order chi connectivity index (χ0) is 22.3. The van der Waals surface area contributed by atoms with Gasteiger partial charge >= 0.3 is 0 Å². The minimum Gasteiger partial charge on any atom is -0.261 e. The van der Waals surface area contributed by atoms with E-state index in [-0.39, 0.29) is 5.39 Å². The molecule has 0 atom stereocenters. The topological polar surface area (TPSA) is 12.9 Å². The van der Waals surface area contributed by atoms with Crippen LogP contribution in [-0.4, -0.2) is 4.98 Å². The first-order valence-corrected chi connectivity index (χ1v) is 11.0. The van der Waals surface area contributed by atoms with E-state index in [1.807, 2.05) is 18.3 Å². The van der Waals surface area contributed by atoms with Crippen molar-refractivity contribution in [2.24, 2.45) is 0 Å². The lowest BCUT2D eigenvalue weighted by atomic mass is 10.0. The molecule has 1 heterocycles. The molecular weight excluding hydrogens is 400 g/mol. The number of halogens is 2. The number of aromatic nitrogens is 1. The molecule has 0 fully saturated rings. The quantitative estimate of drug-likeness (QED) is 0.302. The van der Waals surface area contributed by atoms with Crippen molar-refractivity contribution in [1.82, 2.24) is 4.98 Å². The van der Waals surface area contributed by atoms with Crippen molar-refractivity contribution in [1.29, 1.82) is 0 Å². The number of hydrogen-bond donors (Lipinski definition) is 0. The van der Waals surface area contributed by atoms with Crippen LogP contribution in [0.15, 0.2) is 72.9 Å². The molecule has 4 aromatic rings. The number of rotatable bonds is 6. The number of benzene rings is 3. The monoisotopic (exact) mass is 425 g/mol. The Labute approximate surface area is 188 Å². The van der Waals surface area contributed by atoms with Gasteiger partial charge in [0, 0.05) is 28.4 Å². The van der Waals surface area contributed by atoms with Gasteiger partial charge in [-0.3, -0.25) is 4.98 Å². The molecule has 0 aliphatic rings. The largest absolute Gasteiger partial charge is 0.261 e. The van der Waals surface area contributed by atoms with E-state index in [0.717, 1.165) is 42.1 Å². The fourth-order valence-corrected chi connectivity index (χ4v) is 3.65. The van der Waals surface area contributed by atoms with Crippen molar-refractivity contribution in [2.75, 3.05) is 0 Å². The Kier molecular flexibility index (Phi) is 6.92. The third-order valence-electron chi connectivity index (χ3n) is 5.59. The standard InChI is InChI=1S/C29H25F2N/c1-2-3-4-24-12-16-26(32-20-24)15-11-22-7-5-21(6-8-22)9-10-23-13-17-27-25(19-23)14-18-28(30)29(27)31/h5-8,12-14,16-20H,2-4,11,15H2,1H3. The number of unbranched alkanes of at least 4 members (excludes halogenated alkanes) is 1. The van der Waals surface area contributed by atoms with Crippen molar-refractivity contribution in [2.45, 2.75) is 39.0 Å². The summed E-state index contributed by atoms with van der Waals surface area (Å²) >= 11 is 0. The number of aryl methyl sites for hydroxylation is 3. The lowest BCUT2D eigenvalue weighted by Gasteiger charge is -2.04. The van der Waals surface area contributed by atoms with Gasteiger partial charge in [0.25, 0.3) is 0 Å². The Morgan fingerprint density at radius 2 is 1.50 bits per heavy atom. The molecule has 0 amide bonds. The molecule has 0 aliphatic heterocycles. The highest BCUT2D eigenvalue weighted by molar-refractivity contribution is 5.84. The van der Waals surface area contributed by atoms with Crippen LogP contribution in [0.5, 0.6) is 0 Å². The molecule has 0 saturated heterocycles. The summed E-state index contributed by atoms with van der Waals surface area (Å²) in [5.41, 5.74) is 5.35. The highest BCUT2D eigenvalue weighted by atomic mass is 19.2. The minimum atomic E-state index is -0.837. The normalized spacial score (nSPS) is 10.7. The second-order valence-electron chi connectivity index (χ2n) is 8.01. The molecule has 160 valence electrons. The molecule has 0 saturated carbocycles. The highest BCUT2D eigenvalue weighted by Gasteiger charge is 2.06. The zero-order valence-electron chi connectivity index (χ0n) is 18.2. The van der Waals surface area contributed by atoms with Gasteiger partial charge in [0.15, 0.2) is 11.6 Å². The summed E-state index contributed by atoms with van der Waals surface area (Å²) in [6, 6.07) is 20.3. The molecule has 0 N–H and O–H groups in total. The van der Waals surface area contributed by atoms with Crippen molar-refractivity contribution < 1.29 is 8.78 Å². The summed E-state index contributed by atoms with van der Waals surface area (Å²) in [4.78, 5) is 4.59. The maximum absolute atomic E-state index is 13.8. The van der Waals surface area contributed by atoms with Crippen LogP contribution in [0.1, 0.15) is 47.7 Å². The van der Waals surface area contributed by atoms with Gasteiger partial charge in [0.1, 0.15) is 0 Å². The molecular formula is C29H25F2N. The van der Waals surface area contributed by atoms with Crippen LogP contribution in [0.2, 0.25) is 0 Å². The fraction of sp³-hybridized carbons (Fsp3) is 0.207. The second-order valence-corrected chi connectivity index (χ2v) is 8.01. The summed E-state index contributed by atoms with van der Waals surface area (Å²) in [5.74, 6) is 4.60. The molecule has 3 aromatic carbocycles. The zero-order valence-corrected chi connectivity index (χ0v) is 18.2. The maximum Gasteiger partial charge on any atom is 0.166 e. The summed E-state index contributed by atoms with van der Waals surface area (Å²) in [6.07, 6.45) is 7.35. The number of fused-ring (bicyclic) bond motifs is 1. The Hall–Kier alpha value is -3.51. The van der Waals surface area contributed by atoms with Crippen LogP contribution in [0.25, 0.3) is 10.8 Å². The van der Waals surface area contributed by atoms with E-state index in [1.54, 1.807) is 24.3 Å². The first-order chi connectivity index (χ1) is 15.6. The Balaban J connectivity index is 1.38. The molecule has 1 aromatic heterocycles. The van der Waals surface area contributed by atoms with E-state index in [9.17, 15) is 8.78 Å². The summed E-state index contributed by atoms with van der Waals surface area (Å²) in [5, 5.41) is 0.906. The van der Waals surface area contributed by atoms with Crippen LogP contribution in [0.3, 0.4) is 0 Å². The van der Waals surface area contributed by atoms with Crippen molar-refractivity contribution in [3.8, 4) is 11.8 Å². The Morgan fingerprint density at radius 3 is 2.25 bits per heavy atom. The molecule has 1 nitrogen and oxygen atoms in total. The number of hydrogen-bond acceptors (Lipinski definition) is 1. The first kappa shape index (κ1) is 21.7. The van der Waals surface area contributed by atoms with Gasteiger partial charge in [-0.15, -0.1) is 0 Å². The van der Waals surface area contributed by atoms with E-state index in [0.29, 0.717) is 5.39 Å². The average molecular weight is 426 g/mol. The summed E-state index contributed by atoms with van der Waals surface area (Å²) < 4.78 is 27.2. The number of pyridine rings is 1. The van der Waals surface area contributed by atoms with Crippen LogP contribution in [0, 0.1) is 23.5 Å². The van der Waals surface area contributed by atoms with E-state index in [2.05, 4.69) is 48.0 Å². The fourth-order valence-electron chi connectivity index (χ4n) is 3.65. The summed E-state index contributed by atoms with van der Waals surface area (Å²) in [6.45, 7) is 2.20. The van der Waals surface area contributed by atoms with Crippen LogP contribution in [0.4, 0.5) is 8.78 Å². The molecule has 0 bridgehead atoms. The van der Waals surface area contributed by atoms with E-state index < -0.39 is 11.6 Å². The van der Waals surface area contributed by atoms with Gasteiger partial charge < -0.3 is 0 Å². The average Bonchev–Trinajstić information content (AvgIpc) is 2.84. The van der Waals surface area contributed by atoms with E-state index in [1.165, 1.54) is 24.0 Å². The number of nitrogens with zero attached hydrogens (tertiary/aromatic N) is 1.